The van der Waals surface area contributed by atoms with E-state index in [1.807, 2.05) is 0 Å². The van der Waals surface area contributed by atoms with Crippen LogP contribution in [0.5, 0.6) is 17.2 Å². The molecule has 0 radical (unpaired) electrons. The lowest BCUT2D eigenvalue weighted by molar-refractivity contribution is -0.385. The number of carbonyl (C=O) groups excluding carboxylic acids is 2. The minimum Gasteiger partial charge on any atom is -0.495 e. The lowest BCUT2D eigenvalue weighted by atomic mass is 10.1. The van der Waals surface area contributed by atoms with E-state index in [9.17, 15) is 19.7 Å². The summed E-state index contributed by atoms with van der Waals surface area (Å²) < 4.78 is 15.5. The highest BCUT2D eigenvalue weighted by Crippen LogP contribution is 2.41. The molecule has 29 heavy (non-hydrogen) atoms. The summed E-state index contributed by atoms with van der Waals surface area (Å²) in [5.74, 6) is 0.188. The van der Waals surface area contributed by atoms with Gasteiger partial charge in [-0.2, -0.15) is 0 Å². The third kappa shape index (κ3) is 3.74. The molecule has 3 rings (SSSR count). The monoisotopic (exact) mass is 416 g/mol. The Kier molecular flexibility index (Phi) is 5.74. The zero-order valence-corrected chi connectivity index (χ0v) is 16.5. The van der Waals surface area contributed by atoms with Crippen molar-refractivity contribution in [3.8, 4) is 17.2 Å². The summed E-state index contributed by atoms with van der Waals surface area (Å²) in [7, 11) is 4.18. The zero-order chi connectivity index (χ0) is 21.1. The van der Waals surface area contributed by atoms with Crippen molar-refractivity contribution in [1.82, 2.24) is 0 Å². The summed E-state index contributed by atoms with van der Waals surface area (Å²) in [6.07, 6.45) is 1.29. The van der Waals surface area contributed by atoms with E-state index < -0.39 is 16.1 Å². The van der Waals surface area contributed by atoms with E-state index in [1.165, 1.54) is 39.5 Å². The molecule has 0 atom stereocenters. The fourth-order valence-corrected chi connectivity index (χ4v) is 3.61. The molecule has 0 saturated carbocycles. The van der Waals surface area contributed by atoms with Gasteiger partial charge in [-0.05, 0) is 36.0 Å². The molecule has 9 nitrogen and oxygen atoms in total. The highest BCUT2D eigenvalue weighted by Gasteiger charge is 2.38. The van der Waals surface area contributed by atoms with Gasteiger partial charge >= 0.3 is 0 Å². The fraction of sp³-hybridized carbons (Fsp3) is 0.158. The second-order valence-corrected chi connectivity index (χ2v) is 6.71. The molecule has 0 spiro atoms. The third-order valence-electron chi connectivity index (χ3n) is 4.14. The number of carbonyl (C=O) groups is 2. The number of anilines is 1. The van der Waals surface area contributed by atoms with Gasteiger partial charge in [0, 0.05) is 0 Å². The Bertz CT molecular complexity index is 1040. The van der Waals surface area contributed by atoms with Crippen molar-refractivity contribution in [2.45, 2.75) is 0 Å². The van der Waals surface area contributed by atoms with Crippen LogP contribution in [0.1, 0.15) is 5.56 Å². The van der Waals surface area contributed by atoms with Crippen LogP contribution in [0.4, 0.5) is 16.2 Å². The van der Waals surface area contributed by atoms with Crippen molar-refractivity contribution >= 4 is 40.4 Å². The molecule has 1 aliphatic rings. The number of nitro groups is 1. The van der Waals surface area contributed by atoms with Gasteiger partial charge in [-0.15, -0.1) is 0 Å². The Morgan fingerprint density at radius 3 is 2.24 bits per heavy atom. The molecule has 2 aromatic carbocycles. The largest absolute Gasteiger partial charge is 0.495 e. The molecule has 0 aliphatic carbocycles. The number of methoxy groups -OCH3 is 3. The molecule has 10 heteroatoms. The molecule has 2 amide bonds. The van der Waals surface area contributed by atoms with Crippen LogP contribution in [0.3, 0.4) is 0 Å². The molecule has 1 saturated heterocycles. The molecule has 1 fully saturated rings. The van der Waals surface area contributed by atoms with Gasteiger partial charge in [-0.1, -0.05) is 12.1 Å². The minimum atomic E-state index is -0.603. The van der Waals surface area contributed by atoms with Crippen molar-refractivity contribution in [3.63, 3.8) is 0 Å². The maximum atomic E-state index is 12.9. The van der Waals surface area contributed by atoms with Crippen LogP contribution in [-0.4, -0.2) is 37.4 Å². The number of ether oxygens (including phenoxy) is 3. The number of hydrogen-bond acceptors (Lipinski definition) is 8. The van der Waals surface area contributed by atoms with Gasteiger partial charge in [-0.3, -0.25) is 19.7 Å². The van der Waals surface area contributed by atoms with E-state index in [-0.39, 0.29) is 27.7 Å². The van der Waals surface area contributed by atoms with E-state index in [2.05, 4.69) is 0 Å². The first-order valence-electron chi connectivity index (χ1n) is 8.22. The summed E-state index contributed by atoms with van der Waals surface area (Å²) >= 11 is 0.683. The highest BCUT2D eigenvalue weighted by molar-refractivity contribution is 8.19. The van der Waals surface area contributed by atoms with Gasteiger partial charge in [-0.25, -0.2) is 4.90 Å². The number of para-hydroxylation sites is 2. The van der Waals surface area contributed by atoms with Crippen molar-refractivity contribution in [3.05, 3.63) is 57.0 Å². The molecule has 0 bridgehead atoms. The van der Waals surface area contributed by atoms with Crippen molar-refractivity contribution in [2.24, 2.45) is 0 Å². The maximum absolute atomic E-state index is 12.9. The van der Waals surface area contributed by atoms with Crippen LogP contribution in [0, 0.1) is 10.1 Å². The van der Waals surface area contributed by atoms with Gasteiger partial charge in [0.1, 0.15) is 5.75 Å². The molecule has 0 N–H and O–H groups in total. The number of amides is 2. The molecule has 0 unspecified atom stereocenters. The number of imide groups is 1. The zero-order valence-electron chi connectivity index (χ0n) is 15.7. The summed E-state index contributed by atoms with van der Waals surface area (Å²) in [5, 5.41) is 10.9. The average Bonchev–Trinajstić information content (AvgIpc) is 3.00. The normalized spacial score (nSPS) is 15.0. The standard InChI is InChI=1S/C19H16N2O7S/c1-26-14-7-5-4-6-12(14)20-18(22)17(29-19(20)23)9-11-8-15(27-2)16(28-3)10-13(11)21(24)25/h4-10H,1-3H3/b17-9-. The Labute approximate surface area is 170 Å². The third-order valence-corrected chi connectivity index (χ3v) is 5.01. The summed E-state index contributed by atoms with van der Waals surface area (Å²) in [6, 6.07) is 9.18. The van der Waals surface area contributed by atoms with Crippen LogP contribution >= 0.6 is 11.8 Å². The minimum absolute atomic E-state index is 0.0382. The van der Waals surface area contributed by atoms with Gasteiger partial charge in [0.2, 0.25) is 0 Å². The number of nitrogens with zero attached hydrogens (tertiary/aromatic N) is 2. The van der Waals surface area contributed by atoms with Crippen LogP contribution < -0.4 is 19.1 Å². The SMILES string of the molecule is COc1cc(/C=C2\SC(=O)N(c3ccccc3OC)C2=O)c([N+](=O)[O-])cc1OC. The summed E-state index contributed by atoms with van der Waals surface area (Å²) in [4.78, 5) is 37.3. The molecule has 150 valence electrons. The molecule has 0 aromatic heterocycles. The number of nitro benzene ring substituents is 1. The first-order chi connectivity index (χ1) is 13.9. The Morgan fingerprint density at radius 1 is 1.00 bits per heavy atom. The second kappa shape index (κ2) is 8.23. The molecule has 1 aliphatic heterocycles. The van der Waals surface area contributed by atoms with Gasteiger partial charge in [0.05, 0.1) is 48.5 Å². The average molecular weight is 416 g/mol. The first-order valence-corrected chi connectivity index (χ1v) is 9.04. The van der Waals surface area contributed by atoms with E-state index >= 15 is 0 Å². The first kappa shape index (κ1) is 20.2. The predicted octanol–water partition coefficient (Wildman–Crippen LogP) is 3.86. The Morgan fingerprint density at radius 2 is 1.62 bits per heavy atom. The molecular weight excluding hydrogens is 400 g/mol. The van der Waals surface area contributed by atoms with E-state index in [1.54, 1.807) is 24.3 Å². The number of hydrogen-bond donors (Lipinski definition) is 0. The van der Waals surface area contributed by atoms with Crippen LogP contribution in [0.25, 0.3) is 6.08 Å². The topological polar surface area (TPSA) is 108 Å². The number of benzene rings is 2. The van der Waals surface area contributed by atoms with Gasteiger partial charge in [0.25, 0.3) is 16.8 Å². The van der Waals surface area contributed by atoms with E-state index in [4.69, 9.17) is 14.2 Å². The van der Waals surface area contributed by atoms with Crippen LogP contribution in [-0.2, 0) is 4.79 Å². The van der Waals surface area contributed by atoms with Crippen LogP contribution in [0.15, 0.2) is 41.3 Å². The van der Waals surface area contributed by atoms with E-state index in [0.717, 1.165) is 4.90 Å². The van der Waals surface area contributed by atoms with Gasteiger partial charge in [0.15, 0.2) is 11.5 Å². The van der Waals surface area contributed by atoms with E-state index in [0.29, 0.717) is 23.2 Å². The van der Waals surface area contributed by atoms with Crippen LogP contribution in [0.2, 0.25) is 0 Å². The van der Waals surface area contributed by atoms with Crippen molar-refractivity contribution in [2.75, 3.05) is 26.2 Å². The van der Waals surface area contributed by atoms with Crippen molar-refractivity contribution in [1.29, 1.82) is 0 Å². The second-order valence-electron chi connectivity index (χ2n) is 5.71. The smallest absolute Gasteiger partial charge is 0.298 e. The summed E-state index contributed by atoms with van der Waals surface area (Å²) in [6.45, 7) is 0. The Hall–Kier alpha value is -3.53. The molecule has 2 aromatic rings. The predicted molar refractivity (Wildman–Crippen MR) is 108 cm³/mol. The highest BCUT2D eigenvalue weighted by atomic mass is 32.2. The molecule has 1 heterocycles. The number of thioether (sulfide) groups is 1. The van der Waals surface area contributed by atoms with Gasteiger partial charge < -0.3 is 14.2 Å². The molecular formula is C19H16N2O7S. The summed E-state index contributed by atoms with van der Waals surface area (Å²) in [5.41, 5.74) is 0.118. The quantitative estimate of drug-likeness (QED) is 0.397. The fourth-order valence-electron chi connectivity index (χ4n) is 2.79. The maximum Gasteiger partial charge on any atom is 0.298 e. The number of rotatable bonds is 6. The Balaban J connectivity index is 2.07. The lowest BCUT2D eigenvalue weighted by Gasteiger charge is -2.15. The van der Waals surface area contributed by atoms with Crippen molar-refractivity contribution < 1.29 is 28.7 Å². The lowest BCUT2D eigenvalue weighted by Crippen LogP contribution is -2.28.